The van der Waals surface area contributed by atoms with E-state index in [4.69, 9.17) is 19.1 Å². The van der Waals surface area contributed by atoms with E-state index < -0.39 is 51.8 Å². The third-order valence-corrected chi connectivity index (χ3v) is 9.15. The van der Waals surface area contributed by atoms with Gasteiger partial charge in [-0.05, 0) is 19.3 Å². The maximum Gasteiger partial charge on any atom is 0.472 e. The monoisotopic (exact) mass is 706 g/mol. The van der Waals surface area contributed by atoms with E-state index in [0.717, 1.165) is 32.1 Å². The van der Waals surface area contributed by atoms with Crippen molar-refractivity contribution in [2.45, 2.75) is 187 Å². The number of phosphoric acid groups is 1. The molecule has 0 rings (SSSR count). The lowest BCUT2D eigenvalue weighted by atomic mass is 10.0. The van der Waals surface area contributed by atoms with E-state index in [1.165, 1.54) is 109 Å². The molecule has 0 spiro atoms. The van der Waals surface area contributed by atoms with Crippen LogP contribution in [0.1, 0.15) is 174 Å². The molecular formula is C37H71O10P. The van der Waals surface area contributed by atoms with Gasteiger partial charge in [0.15, 0.2) is 6.10 Å². The Labute approximate surface area is 292 Å². The van der Waals surface area contributed by atoms with E-state index in [9.17, 15) is 24.2 Å². The first-order chi connectivity index (χ1) is 23.2. The number of allylic oxidation sites excluding steroid dienone is 1. The number of esters is 2. The molecule has 0 aliphatic carbocycles. The van der Waals surface area contributed by atoms with E-state index in [1.54, 1.807) is 6.08 Å². The molecule has 0 aromatic carbocycles. The fourth-order valence-corrected chi connectivity index (χ4v) is 6.00. The molecule has 1 unspecified atom stereocenters. The van der Waals surface area contributed by atoms with E-state index in [2.05, 4.69) is 18.4 Å². The summed E-state index contributed by atoms with van der Waals surface area (Å²) in [5, 5.41) is 18.2. The lowest BCUT2D eigenvalue weighted by Crippen LogP contribution is -2.29. The largest absolute Gasteiger partial charge is 0.472 e. The number of phosphoric ester groups is 1. The molecule has 0 radical (unpaired) electrons. The van der Waals surface area contributed by atoms with Crippen LogP contribution in [0.5, 0.6) is 0 Å². The number of unbranched alkanes of at least 4 members (excludes halogenated alkanes) is 21. The summed E-state index contributed by atoms with van der Waals surface area (Å²) >= 11 is 0. The van der Waals surface area contributed by atoms with Gasteiger partial charge in [-0.25, -0.2) is 4.57 Å². The van der Waals surface area contributed by atoms with Crippen LogP contribution in [0, 0.1) is 0 Å². The van der Waals surface area contributed by atoms with Crippen molar-refractivity contribution >= 4 is 19.8 Å². The predicted molar refractivity (Wildman–Crippen MR) is 192 cm³/mol. The summed E-state index contributed by atoms with van der Waals surface area (Å²) in [5.41, 5.74) is 0. The topological polar surface area (TPSA) is 149 Å². The predicted octanol–water partition coefficient (Wildman–Crippen LogP) is 9.28. The van der Waals surface area contributed by atoms with Crippen molar-refractivity contribution < 1.29 is 47.8 Å². The highest BCUT2D eigenvalue weighted by molar-refractivity contribution is 7.47. The summed E-state index contributed by atoms with van der Waals surface area (Å²) in [6, 6.07) is 0. The second-order valence-electron chi connectivity index (χ2n) is 13.0. The van der Waals surface area contributed by atoms with Crippen LogP contribution in [-0.2, 0) is 32.7 Å². The molecule has 48 heavy (non-hydrogen) atoms. The zero-order valence-corrected chi connectivity index (χ0v) is 31.4. The van der Waals surface area contributed by atoms with Gasteiger partial charge in [0.25, 0.3) is 0 Å². The number of aliphatic hydroxyl groups is 2. The van der Waals surface area contributed by atoms with Gasteiger partial charge in [0.1, 0.15) is 12.7 Å². The smallest absolute Gasteiger partial charge is 0.461 e. The number of carbonyl (C=O) groups excluding carboxylic acids is 2. The van der Waals surface area contributed by atoms with Gasteiger partial charge in [-0.1, -0.05) is 154 Å². The molecule has 284 valence electrons. The minimum absolute atomic E-state index is 0.0682. The van der Waals surface area contributed by atoms with Gasteiger partial charge in [0.05, 0.1) is 26.2 Å². The first kappa shape index (κ1) is 46.7. The molecule has 10 nitrogen and oxygen atoms in total. The maximum absolute atomic E-state index is 12.5. The zero-order valence-electron chi connectivity index (χ0n) is 30.5. The number of rotatable bonds is 36. The Bertz CT molecular complexity index is 822. The summed E-state index contributed by atoms with van der Waals surface area (Å²) in [6.45, 7) is 2.31. The van der Waals surface area contributed by atoms with E-state index in [1.807, 2.05) is 6.08 Å². The number of aliphatic hydroxyl groups excluding tert-OH is 2. The Hall–Kier alpha value is -1.29. The standard InChI is InChI=1S/C37H71O10P/c1-3-5-7-9-11-13-15-17-19-20-22-24-26-28-36(40)44-32-35(33-46-48(42,43)45-31-34(39)30-38)47-37(41)29-27-25-23-21-18-16-14-12-10-8-6-4-2/h24,26,34-35,38-39H,3-23,25,27-33H2,1-2H3,(H,42,43)/b26-24+/t34-,35+/m0/s1. The minimum Gasteiger partial charge on any atom is -0.461 e. The normalized spacial score (nSPS) is 14.2. The molecule has 0 aromatic heterocycles. The number of hydrogen-bond donors (Lipinski definition) is 3. The molecule has 0 saturated carbocycles. The third-order valence-electron chi connectivity index (χ3n) is 8.20. The Morgan fingerprint density at radius 2 is 1.08 bits per heavy atom. The number of hydrogen-bond acceptors (Lipinski definition) is 9. The molecule has 3 N–H and O–H groups in total. The lowest BCUT2D eigenvalue weighted by molar-refractivity contribution is -0.160. The van der Waals surface area contributed by atoms with E-state index in [-0.39, 0.29) is 19.4 Å². The van der Waals surface area contributed by atoms with Crippen molar-refractivity contribution in [3.8, 4) is 0 Å². The summed E-state index contributed by atoms with van der Waals surface area (Å²) in [6.07, 6.45) is 29.2. The average Bonchev–Trinajstić information content (AvgIpc) is 3.07. The molecule has 3 atom stereocenters. The quantitative estimate of drug-likeness (QED) is 0.0249. The summed E-state index contributed by atoms with van der Waals surface area (Å²) in [4.78, 5) is 34.7. The number of ether oxygens (including phenoxy) is 2. The van der Waals surface area contributed by atoms with Crippen molar-refractivity contribution in [2.24, 2.45) is 0 Å². The lowest BCUT2D eigenvalue weighted by Gasteiger charge is -2.20. The maximum atomic E-state index is 12.5. The highest BCUT2D eigenvalue weighted by Crippen LogP contribution is 2.43. The van der Waals surface area contributed by atoms with Gasteiger partial charge in [0, 0.05) is 6.42 Å². The molecule has 0 amide bonds. The summed E-state index contributed by atoms with van der Waals surface area (Å²) in [7, 11) is -4.61. The molecule has 0 aliphatic heterocycles. The first-order valence-corrected chi connectivity index (χ1v) is 20.6. The molecule has 0 aromatic rings. The Balaban J connectivity index is 4.40. The van der Waals surface area contributed by atoms with Crippen molar-refractivity contribution in [1.82, 2.24) is 0 Å². The molecule has 0 aliphatic rings. The van der Waals surface area contributed by atoms with Crippen LogP contribution >= 0.6 is 7.82 Å². The zero-order chi connectivity index (χ0) is 35.6. The fourth-order valence-electron chi connectivity index (χ4n) is 5.21. The Morgan fingerprint density at radius 3 is 1.58 bits per heavy atom. The number of carbonyl (C=O) groups is 2. The van der Waals surface area contributed by atoms with Crippen LogP contribution in [0.3, 0.4) is 0 Å². The Kier molecular flexibility index (Phi) is 33.3. The highest BCUT2D eigenvalue weighted by Gasteiger charge is 2.27. The van der Waals surface area contributed by atoms with E-state index in [0.29, 0.717) is 6.42 Å². The first-order valence-electron chi connectivity index (χ1n) is 19.1. The van der Waals surface area contributed by atoms with Crippen LogP contribution < -0.4 is 0 Å². The second kappa shape index (κ2) is 34.2. The van der Waals surface area contributed by atoms with Crippen molar-refractivity contribution in [3.63, 3.8) is 0 Å². The molecule has 11 heteroatoms. The van der Waals surface area contributed by atoms with Gasteiger partial charge >= 0.3 is 19.8 Å². The van der Waals surface area contributed by atoms with Crippen LogP contribution in [0.25, 0.3) is 0 Å². The molecule has 0 heterocycles. The summed E-state index contributed by atoms with van der Waals surface area (Å²) < 4.78 is 32.5. The average molecular weight is 707 g/mol. The van der Waals surface area contributed by atoms with E-state index >= 15 is 0 Å². The van der Waals surface area contributed by atoms with Gasteiger partial charge in [0.2, 0.25) is 0 Å². The minimum atomic E-state index is -4.61. The van der Waals surface area contributed by atoms with Crippen LogP contribution in [0.15, 0.2) is 12.2 Å². The summed E-state index contributed by atoms with van der Waals surface area (Å²) in [5.74, 6) is -1.02. The fraction of sp³-hybridized carbons (Fsp3) is 0.892. The van der Waals surface area contributed by atoms with Crippen LogP contribution in [-0.4, -0.2) is 65.7 Å². The van der Waals surface area contributed by atoms with Crippen LogP contribution in [0.4, 0.5) is 0 Å². The molecule has 0 fully saturated rings. The highest BCUT2D eigenvalue weighted by atomic mass is 31.2. The van der Waals surface area contributed by atoms with Gasteiger partial charge in [-0.2, -0.15) is 0 Å². The second-order valence-corrected chi connectivity index (χ2v) is 14.4. The van der Waals surface area contributed by atoms with Crippen molar-refractivity contribution in [1.29, 1.82) is 0 Å². The molecular weight excluding hydrogens is 635 g/mol. The van der Waals surface area contributed by atoms with Crippen LogP contribution in [0.2, 0.25) is 0 Å². The molecule has 0 bridgehead atoms. The Morgan fingerprint density at radius 1 is 0.625 bits per heavy atom. The van der Waals surface area contributed by atoms with Crippen molar-refractivity contribution in [2.75, 3.05) is 26.4 Å². The van der Waals surface area contributed by atoms with Gasteiger partial charge in [-0.3, -0.25) is 18.6 Å². The third kappa shape index (κ3) is 33.2. The van der Waals surface area contributed by atoms with Crippen molar-refractivity contribution in [3.05, 3.63) is 12.2 Å². The molecule has 0 saturated heterocycles. The SMILES string of the molecule is CCCCCCCCCCCC/C=C/CC(=O)OC[C@H](COP(=O)(O)OC[C@@H](O)CO)OC(=O)CCCCCCCCCCCCCC. The van der Waals surface area contributed by atoms with Gasteiger partial charge < -0.3 is 24.6 Å². The van der Waals surface area contributed by atoms with Gasteiger partial charge in [-0.15, -0.1) is 0 Å².